The molecule has 9 nitrogen and oxygen atoms in total. The summed E-state index contributed by atoms with van der Waals surface area (Å²) in [6.45, 7) is 0.243. The highest BCUT2D eigenvalue weighted by Crippen LogP contribution is 2.38. The van der Waals surface area contributed by atoms with Crippen molar-refractivity contribution in [2.24, 2.45) is 0 Å². The van der Waals surface area contributed by atoms with E-state index in [4.69, 9.17) is 16.1 Å². The van der Waals surface area contributed by atoms with Gasteiger partial charge >= 0.3 is 0 Å². The second kappa shape index (κ2) is 7.54. The van der Waals surface area contributed by atoms with Crippen molar-refractivity contribution in [2.45, 2.75) is 23.8 Å². The largest absolute Gasteiger partial charge is 0.337 e. The molecule has 0 N–H and O–H groups in total. The lowest BCUT2D eigenvalue weighted by Crippen LogP contribution is -2.31. The highest BCUT2D eigenvalue weighted by Gasteiger charge is 2.40. The average molecular weight is 435 g/mol. The van der Waals surface area contributed by atoms with Gasteiger partial charge in [0, 0.05) is 18.2 Å². The molecule has 1 fully saturated rings. The molecule has 4 rings (SSSR count). The number of rotatable bonds is 5. The molecule has 0 bridgehead atoms. The SMILES string of the molecule is O=[N+]([O-])c1cc(S(=O)(=O)N2CCCC2c2nc(-c3ccccc3)no2)ccc1Cl. The first-order chi connectivity index (χ1) is 13.9. The van der Waals surface area contributed by atoms with Gasteiger partial charge in [0.1, 0.15) is 11.1 Å². The Labute approximate surface area is 171 Å². The van der Waals surface area contributed by atoms with Crippen LogP contribution in [0.1, 0.15) is 24.8 Å². The van der Waals surface area contributed by atoms with Gasteiger partial charge in [-0.3, -0.25) is 10.1 Å². The van der Waals surface area contributed by atoms with E-state index in [1.165, 1.54) is 16.4 Å². The molecule has 0 spiro atoms. The Bertz CT molecular complexity index is 1170. The highest BCUT2D eigenvalue weighted by atomic mass is 35.5. The van der Waals surface area contributed by atoms with Crippen molar-refractivity contribution in [1.82, 2.24) is 14.4 Å². The minimum Gasteiger partial charge on any atom is -0.337 e. The molecule has 1 aliphatic heterocycles. The molecule has 2 aromatic carbocycles. The van der Waals surface area contributed by atoms with Crippen LogP contribution in [0.3, 0.4) is 0 Å². The van der Waals surface area contributed by atoms with E-state index in [9.17, 15) is 18.5 Å². The topological polar surface area (TPSA) is 119 Å². The van der Waals surface area contributed by atoms with Gasteiger partial charge in [-0.05, 0) is 25.0 Å². The first-order valence-electron chi connectivity index (χ1n) is 8.73. The third kappa shape index (κ3) is 3.61. The van der Waals surface area contributed by atoms with Crippen LogP contribution < -0.4 is 0 Å². The molecular formula is C18H15ClN4O5S. The Morgan fingerprint density at radius 2 is 1.97 bits per heavy atom. The predicted molar refractivity (Wildman–Crippen MR) is 104 cm³/mol. The molecule has 0 aliphatic carbocycles. The van der Waals surface area contributed by atoms with Crippen LogP contribution in [0.4, 0.5) is 5.69 Å². The minimum atomic E-state index is -4.02. The van der Waals surface area contributed by atoms with Gasteiger partial charge in [0.05, 0.1) is 9.82 Å². The number of hydrogen-bond donors (Lipinski definition) is 0. The van der Waals surface area contributed by atoms with Crippen LogP contribution in [0.25, 0.3) is 11.4 Å². The van der Waals surface area contributed by atoms with Crippen LogP contribution in [0.2, 0.25) is 5.02 Å². The summed E-state index contributed by atoms with van der Waals surface area (Å²) in [5, 5.41) is 15.0. The van der Waals surface area contributed by atoms with Crippen molar-refractivity contribution in [1.29, 1.82) is 0 Å². The Morgan fingerprint density at radius 3 is 2.69 bits per heavy atom. The zero-order valence-electron chi connectivity index (χ0n) is 14.9. The molecule has 0 saturated carbocycles. The molecular weight excluding hydrogens is 420 g/mol. The molecule has 11 heteroatoms. The van der Waals surface area contributed by atoms with Gasteiger partial charge < -0.3 is 4.52 Å². The highest BCUT2D eigenvalue weighted by molar-refractivity contribution is 7.89. The molecule has 1 aliphatic rings. The normalized spacial score (nSPS) is 17.5. The Hall–Kier alpha value is -2.82. The van der Waals surface area contributed by atoms with Gasteiger partial charge in [-0.25, -0.2) is 8.42 Å². The number of nitrogens with zero attached hydrogens (tertiary/aromatic N) is 4. The fourth-order valence-electron chi connectivity index (χ4n) is 3.28. The van der Waals surface area contributed by atoms with Gasteiger partial charge in [0.2, 0.25) is 21.7 Å². The van der Waals surface area contributed by atoms with Crippen molar-refractivity contribution in [3.8, 4) is 11.4 Å². The van der Waals surface area contributed by atoms with Crippen molar-refractivity contribution < 1.29 is 17.9 Å². The van der Waals surface area contributed by atoms with Gasteiger partial charge in [0.15, 0.2) is 0 Å². The zero-order valence-corrected chi connectivity index (χ0v) is 16.5. The standard InChI is InChI=1S/C18H15ClN4O5S/c19-14-9-8-13(11-16(14)23(24)25)29(26,27)22-10-4-7-15(22)18-20-17(21-28-18)12-5-2-1-3-6-12/h1-3,5-6,8-9,11,15H,4,7,10H2. The Morgan fingerprint density at radius 1 is 1.21 bits per heavy atom. The molecule has 1 aromatic heterocycles. The van der Waals surface area contributed by atoms with E-state index < -0.39 is 26.7 Å². The first-order valence-corrected chi connectivity index (χ1v) is 10.5. The quantitative estimate of drug-likeness (QED) is 0.442. The number of nitro groups is 1. The molecule has 1 atom stereocenters. The average Bonchev–Trinajstić information content (AvgIpc) is 3.38. The maximum absolute atomic E-state index is 13.2. The second-order valence-electron chi connectivity index (χ2n) is 6.47. The van der Waals surface area contributed by atoms with Crippen molar-refractivity contribution in [3.63, 3.8) is 0 Å². The Kier molecular flexibility index (Phi) is 5.07. The fourth-order valence-corrected chi connectivity index (χ4v) is 5.14. The first kappa shape index (κ1) is 19.5. The van der Waals surface area contributed by atoms with Gasteiger partial charge in [-0.1, -0.05) is 47.1 Å². The summed E-state index contributed by atoms with van der Waals surface area (Å²) in [5.41, 5.74) is 0.288. The number of aromatic nitrogens is 2. The molecule has 2 heterocycles. The smallest absolute Gasteiger partial charge is 0.289 e. The minimum absolute atomic E-state index is 0.128. The van der Waals surface area contributed by atoms with Crippen LogP contribution >= 0.6 is 11.6 Å². The van der Waals surface area contributed by atoms with Crippen LogP contribution in [0, 0.1) is 10.1 Å². The van der Waals surface area contributed by atoms with E-state index in [1.54, 1.807) is 0 Å². The summed E-state index contributed by atoms with van der Waals surface area (Å²) in [7, 11) is -4.02. The monoisotopic (exact) mass is 434 g/mol. The molecule has 150 valence electrons. The van der Waals surface area contributed by atoms with Gasteiger partial charge in [0.25, 0.3) is 5.69 Å². The Balaban J connectivity index is 1.67. The number of hydrogen-bond acceptors (Lipinski definition) is 7. The third-order valence-electron chi connectivity index (χ3n) is 4.68. The van der Waals surface area contributed by atoms with E-state index in [1.807, 2.05) is 30.3 Å². The molecule has 3 aromatic rings. The predicted octanol–water partition coefficient (Wildman–Crippen LogP) is 3.82. The van der Waals surface area contributed by atoms with E-state index in [0.717, 1.165) is 11.6 Å². The lowest BCUT2D eigenvalue weighted by molar-refractivity contribution is -0.384. The van der Waals surface area contributed by atoms with E-state index in [0.29, 0.717) is 18.7 Å². The van der Waals surface area contributed by atoms with E-state index in [-0.39, 0.29) is 22.4 Å². The zero-order chi connectivity index (χ0) is 20.6. The lowest BCUT2D eigenvalue weighted by atomic mass is 10.2. The maximum Gasteiger partial charge on any atom is 0.289 e. The number of nitro benzene ring substituents is 1. The third-order valence-corrected chi connectivity index (χ3v) is 6.91. The second-order valence-corrected chi connectivity index (χ2v) is 8.76. The van der Waals surface area contributed by atoms with Gasteiger partial charge in [-0.15, -0.1) is 0 Å². The summed E-state index contributed by atoms with van der Waals surface area (Å²) in [5.74, 6) is 0.556. The summed E-state index contributed by atoms with van der Waals surface area (Å²) in [4.78, 5) is 14.6. The molecule has 1 unspecified atom stereocenters. The van der Waals surface area contributed by atoms with E-state index >= 15 is 0 Å². The van der Waals surface area contributed by atoms with Crippen LogP contribution in [0.15, 0.2) is 57.9 Å². The molecule has 1 saturated heterocycles. The summed E-state index contributed by atoms with van der Waals surface area (Å²) >= 11 is 5.80. The summed E-state index contributed by atoms with van der Waals surface area (Å²) in [6, 6.07) is 12.0. The lowest BCUT2D eigenvalue weighted by Gasteiger charge is -2.21. The number of sulfonamides is 1. The molecule has 0 radical (unpaired) electrons. The summed E-state index contributed by atoms with van der Waals surface area (Å²) in [6.07, 6.45) is 1.11. The summed E-state index contributed by atoms with van der Waals surface area (Å²) < 4.78 is 32.9. The van der Waals surface area contributed by atoms with Crippen molar-refractivity contribution in [2.75, 3.05) is 6.54 Å². The van der Waals surface area contributed by atoms with Gasteiger partial charge in [-0.2, -0.15) is 9.29 Å². The maximum atomic E-state index is 13.2. The van der Waals surface area contributed by atoms with Crippen LogP contribution in [-0.2, 0) is 10.0 Å². The van der Waals surface area contributed by atoms with Crippen molar-refractivity contribution >= 4 is 27.3 Å². The fraction of sp³-hybridized carbons (Fsp3) is 0.222. The van der Waals surface area contributed by atoms with Crippen LogP contribution in [-0.4, -0.2) is 34.3 Å². The number of halogens is 1. The van der Waals surface area contributed by atoms with E-state index in [2.05, 4.69) is 10.1 Å². The number of benzene rings is 2. The molecule has 0 amide bonds. The molecule has 29 heavy (non-hydrogen) atoms. The van der Waals surface area contributed by atoms with Crippen molar-refractivity contribution in [3.05, 3.63) is 69.6 Å². The van der Waals surface area contributed by atoms with Crippen LogP contribution in [0.5, 0.6) is 0 Å².